The summed E-state index contributed by atoms with van der Waals surface area (Å²) in [4.78, 5) is -5.62. The number of fused-ring (bicyclic) bond motifs is 4. The van der Waals surface area contributed by atoms with Crippen molar-refractivity contribution in [3.63, 3.8) is 0 Å². The number of benzene rings is 11. The Balaban J connectivity index is 0.978. The van der Waals surface area contributed by atoms with Crippen molar-refractivity contribution in [3.8, 4) is 28.7 Å². The molecule has 0 aliphatic rings. The number of para-hydroxylation sites is 1. The van der Waals surface area contributed by atoms with Gasteiger partial charge >= 0.3 is 0 Å². The Labute approximate surface area is 597 Å². The van der Waals surface area contributed by atoms with E-state index in [0.717, 1.165) is 78.9 Å². The maximum absolute atomic E-state index is 13.3. The molecule has 11 aromatic carbocycles. The first-order valence-corrected chi connectivity index (χ1v) is 39.6. The van der Waals surface area contributed by atoms with Crippen LogP contribution in [0.25, 0.3) is 43.1 Å². The Morgan fingerprint density at radius 1 is 0.368 bits per heavy atom. The first-order valence-electron chi connectivity index (χ1n) is 29.3. The second kappa shape index (κ2) is 28.6. The molecule has 37 nitrogen and oxygen atoms in total. The zero-order valence-electron chi connectivity index (χ0n) is 53.0. The molecule has 0 amide bonds. The summed E-state index contributed by atoms with van der Waals surface area (Å²) in [6.07, 6.45) is -0.365. The molecule has 0 spiro atoms. The van der Waals surface area contributed by atoms with Crippen LogP contribution in [0.4, 0.5) is 68.2 Å². The van der Waals surface area contributed by atoms with Gasteiger partial charge in [0.05, 0.1) is 56.0 Å². The first-order chi connectivity index (χ1) is 49.5. The summed E-state index contributed by atoms with van der Waals surface area (Å²) in [5, 5.41) is 87.6. The third-order valence-electron chi connectivity index (χ3n) is 15.2. The van der Waals surface area contributed by atoms with Gasteiger partial charge in [0.1, 0.15) is 65.2 Å². The molecule has 11 rings (SSSR count). The van der Waals surface area contributed by atoms with Crippen LogP contribution in [0.2, 0.25) is 0 Å². The summed E-state index contributed by atoms with van der Waals surface area (Å²) < 4.78 is 250. The lowest BCUT2D eigenvalue weighted by Crippen LogP contribution is -2.08. The molecule has 0 fully saturated rings. The van der Waals surface area contributed by atoms with Gasteiger partial charge in [-0.25, -0.2) is 0 Å². The zero-order chi connectivity index (χ0) is 77.0. The van der Waals surface area contributed by atoms with Crippen LogP contribution < -0.4 is 10.1 Å². The summed E-state index contributed by atoms with van der Waals surface area (Å²) >= 11 is 0. The Hall–Kier alpha value is -11.4. The quantitative estimate of drug-likeness (QED) is 0.0161. The highest BCUT2D eigenvalue weighted by molar-refractivity contribution is 7.87. The van der Waals surface area contributed by atoms with Gasteiger partial charge in [-0.1, -0.05) is 36.4 Å². The van der Waals surface area contributed by atoms with Crippen LogP contribution >= 0.6 is 0 Å². The Morgan fingerprint density at radius 2 is 0.868 bits per heavy atom. The Kier molecular flexibility index (Phi) is 20.4. The second-order valence-electron chi connectivity index (χ2n) is 22.5. The van der Waals surface area contributed by atoms with Gasteiger partial charge in [0.25, 0.3) is 70.8 Å². The number of rotatable bonds is 23. The standard InChI is InChI=1S/C62H47N11O26S7/c1-31-20-47(50(99-18-7-19-100(78,79)80)30-46(31)67-69-48-27-38(101(81,82)83)22-34-23-39(102(84,85)86)28-49(74)55(34)48)68-73-58-52(104(90,91)92)24-32-12-13-37(26-42(32)62(58)77)65-70-56-43-29-54(106(96,97)98)59(61(76)41(43)16-17-45(56)63-35-8-3-2-4-9-35)71-64-36-14-15-40-33(21-36)25-53(105(93,94)95)57(60(40)75)72-66-44-10-5-6-11-51(44)103(87,88)89/h2-6,8-17,20-30,63,74-77H,7,18-19H2,1H3,(H,78,79,80)(H,81,82,83)(H,84,85,86)(H,87,88,89)(H,90,91,92)(H,93,94,95)(H,96,97,98). The number of ether oxygens (including phenoxy) is 1. The smallest absolute Gasteiger partial charge is 0.296 e. The number of phenolic OH excluding ortho intramolecular Hbond substituents is 4. The molecule has 44 heteroatoms. The third-order valence-corrected chi connectivity index (χ3v) is 21.2. The fourth-order valence-electron chi connectivity index (χ4n) is 10.4. The predicted octanol–water partition coefficient (Wildman–Crippen LogP) is 14.4. The van der Waals surface area contributed by atoms with E-state index < -0.39 is 164 Å². The number of hydrogen-bond donors (Lipinski definition) is 12. The van der Waals surface area contributed by atoms with E-state index in [4.69, 9.17) is 4.74 Å². The summed E-state index contributed by atoms with van der Waals surface area (Å²) in [5.74, 6) is -4.84. The van der Waals surface area contributed by atoms with E-state index >= 15 is 0 Å². The van der Waals surface area contributed by atoms with Gasteiger partial charge in [0.15, 0.2) is 17.2 Å². The molecule has 106 heavy (non-hydrogen) atoms. The van der Waals surface area contributed by atoms with Crippen LogP contribution in [0.5, 0.6) is 28.7 Å². The second-order valence-corrected chi connectivity index (χ2v) is 32.4. The van der Waals surface area contributed by atoms with E-state index in [0.29, 0.717) is 11.8 Å². The number of nitrogens with zero attached hydrogens (tertiary/aromatic N) is 10. The van der Waals surface area contributed by atoms with Crippen molar-refractivity contribution in [1.29, 1.82) is 0 Å². The van der Waals surface area contributed by atoms with Gasteiger partial charge in [-0.15, -0.1) is 35.8 Å². The molecule has 0 saturated carbocycles. The average Bonchev–Trinajstić information content (AvgIpc) is 0.773. The largest absolute Gasteiger partial charge is 0.507 e. The van der Waals surface area contributed by atoms with Crippen molar-refractivity contribution in [2.75, 3.05) is 17.7 Å². The lowest BCUT2D eigenvalue weighted by molar-refractivity contribution is 0.317. The Morgan fingerprint density at radius 3 is 1.48 bits per heavy atom. The molecule has 0 heterocycles. The summed E-state index contributed by atoms with van der Waals surface area (Å²) in [6.45, 7) is 0.894. The highest BCUT2D eigenvalue weighted by atomic mass is 32.2. The normalized spacial score (nSPS) is 13.1. The van der Waals surface area contributed by atoms with Gasteiger partial charge < -0.3 is 30.5 Å². The molecule has 0 saturated heterocycles. The van der Waals surface area contributed by atoms with Crippen LogP contribution in [-0.2, 0) is 70.8 Å². The van der Waals surface area contributed by atoms with Gasteiger partial charge in [-0.3, -0.25) is 31.9 Å². The number of aryl methyl sites for hydroxylation is 1. The number of azo groups is 5. The zero-order valence-corrected chi connectivity index (χ0v) is 58.7. The van der Waals surface area contributed by atoms with Crippen molar-refractivity contribution in [1.82, 2.24) is 0 Å². The predicted molar refractivity (Wildman–Crippen MR) is 376 cm³/mol. The molecular formula is C62H47N11O26S7. The van der Waals surface area contributed by atoms with Crippen molar-refractivity contribution in [3.05, 3.63) is 163 Å². The van der Waals surface area contributed by atoms with E-state index in [1.807, 2.05) is 0 Å². The number of aromatic hydroxyl groups is 4. The van der Waals surface area contributed by atoms with E-state index in [1.165, 1.54) is 49.4 Å². The monoisotopic (exact) mass is 1590 g/mol. The number of hydrogen-bond acceptors (Lipinski definition) is 30. The third kappa shape index (κ3) is 16.7. The molecule has 0 atom stereocenters. The molecule has 0 bridgehead atoms. The summed E-state index contributed by atoms with van der Waals surface area (Å²) in [6, 6.07) is 30.4. The van der Waals surface area contributed by atoms with E-state index in [2.05, 4.69) is 56.5 Å². The van der Waals surface area contributed by atoms with Crippen LogP contribution in [0.1, 0.15) is 12.0 Å². The fourth-order valence-corrected chi connectivity index (χ4v) is 14.6. The van der Waals surface area contributed by atoms with E-state index in [-0.39, 0.29) is 94.9 Å². The van der Waals surface area contributed by atoms with Crippen molar-refractivity contribution in [2.24, 2.45) is 51.1 Å². The van der Waals surface area contributed by atoms with E-state index in [1.54, 1.807) is 30.3 Å². The average molecular weight is 1590 g/mol. The lowest BCUT2D eigenvalue weighted by atomic mass is 10.0. The molecule has 11 aromatic rings. The first kappa shape index (κ1) is 75.8. The molecule has 0 aromatic heterocycles. The molecule has 0 radical (unpaired) electrons. The van der Waals surface area contributed by atoms with Crippen molar-refractivity contribution >= 4 is 182 Å². The molecule has 0 aliphatic heterocycles. The minimum atomic E-state index is -5.42. The number of anilines is 2. The SMILES string of the molecule is Cc1cc(N=Nc2c(S(=O)(=O)O)cc3ccc(N=Nc4c(Nc5ccccc5)ccc5c(O)c(N=Nc6ccc7c(O)c(N=Nc8ccccc8S(=O)(=O)O)c(S(=O)(=O)O)cc7c6)c(S(=O)(=O)O)cc45)cc3c2O)c(OCCCS(=O)(=O)O)cc1N=Nc1cc(S(=O)(=O)O)cc2cc(S(=O)(=O)O)cc(O)c12. The lowest BCUT2D eigenvalue weighted by Gasteiger charge is -2.14. The molecule has 0 unspecified atom stereocenters. The number of phenols is 4. The maximum atomic E-state index is 13.3. The highest BCUT2D eigenvalue weighted by Crippen LogP contribution is 2.50. The van der Waals surface area contributed by atoms with Crippen LogP contribution in [0, 0.1) is 6.92 Å². The van der Waals surface area contributed by atoms with Gasteiger partial charge in [0.2, 0.25) is 0 Å². The van der Waals surface area contributed by atoms with Gasteiger partial charge in [-0.05, 0) is 144 Å². The van der Waals surface area contributed by atoms with Crippen LogP contribution in [0.3, 0.4) is 0 Å². The molecule has 0 aliphatic carbocycles. The Bertz CT molecular complexity index is 6590. The highest BCUT2D eigenvalue weighted by Gasteiger charge is 2.29. The van der Waals surface area contributed by atoms with Crippen molar-refractivity contribution in [2.45, 2.75) is 42.7 Å². The van der Waals surface area contributed by atoms with Gasteiger partial charge in [0, 0.05) is 39.4 Å². The molecule has 12 N–H and O–H groups in total. The minimum absolute atomic E-state index is 0.0736. The minimum Gasteiger partial charge on any atom is -0.507 e. The fraction of sp³-hybridized carbons (Fsp3) is 0.0645. The van der Waals surface area contributed by atoms with E-state index in [9.17, 15) is 111 Å². The topological polar surface area (TPSA) is 606 Å². The van der Waals surface area contributed by atoms with Crippen LogP contribution in [-0.4, -0.2) is 124 Å². The van der Waals surface area contributed by atoms with Gasteiger partial charge in [-0.2, -0.15) is 74.3 Å². The molecular weight excluding hydrogens is 1540 g/mol. The van der Waals surface area contributed by atoms with Crippen LogP contribution in [0.15, 0.2) is 238 Å². The summed E-state index contributed by atoms with van der Waals surface area (Å²) in [5.41, 5.74) is -4.15. The maximum Gasteiger partial charge on any atom is 0.296 e. The summed E-state index contributed by atoms with van der Waals surface area (Å²) in [7, 11) is -35.5. The number of nitrogens with one attached hydrogen (secondary N) is 1. The molecule has 548 valence electrons. The van der Waals surface area contributed by atoms with Crippen molar-refractivity contribution < 1.29 is 116 Å².